The third-order valence-corrected chi connectivity index (χ3v) is 3.60. The van der Waals surface area contributed by atoms with Crippen LogP contribution in [-0.2, 0) is 23.8 Å². The fraction of sp³-hybridized carbons (Fsp3) is 0.350. The molecule has 0 aromatic heterocycles. The van der Waals surface area contributed by atoms with Crippen molar-refractivity contribution >= 4 is 5.97 Å². The van der Waals surface area contributed by atoms with E-state index < -0.39 is 17.7 Å². The van der Waals surface area contributed by atoms with Gasteiger partial charge in [-0.3, -0.25) is 4.79 Å². The summed E-state index contributed by atoms with van der Waals surface area (Å²) in [7, 11) is 0. The molecule has 1 unspecified atom stereocenters. The average Bonchev–Trinajstić information content (AvgIpc) is 2.60. The van der Waals surface area contributed by atoms with E-state index in [9.17, 15) is 18.0 Å². The summed E-state index contributed by atoms with van der Waals surface area (Å²) in [5, 5.41) is 20.0. The van der Waals surface area contributed by atoms with Gasteiger partial charge in [0.25, 0.3) is 0 Å². The number of carbonyl (C=O) groups is 1. The normalized spacial score (nSPS) is 12.0. The fourth-order valence-corrected chi connectivity index (χ4v) is 2.38. The number of benzene rings is 2. The van der Waals surface area contributed by atoms with E-state index in [1.165, 1.54) is 6.07 Å². The predicted octanol–water partition coefficient (Wildman–Crippen LogP) is 3.53. The predicted molar refractivity (Wildman–Crippen MR) is 97.5 cm³/mol. The Morgan fingerprint density at radius 2 is 1.70 bits per heavy atom. The zero-order valence-electron chi connectivity index (χ0n) is 15.0. The third-order valence-electron chi connectivity index (χ3n) is 3.60. The zero-order valence-corrected chi connectivity index (χ0v) is 15.0. The number of alkyl halides is 3. The van der Waals surface area contributed by atoms with Crippen molar-refractivity contribution in [3.63, 3.8) is 0 Å². The molecule has 0 fully saturated rings. The molecule has 0 aliphatic carbocycles. The van der Waals surface area contributed by atoms with Crippen LogP contribution >= 0.6 is 0 Å². The lowest BCUT2D eigenvalue weighted by Gasteiger charge is -2.14. The number of carboxylic acid groups (broad SMARTS) is 1. The second-order valence-corrected chi connectivity index (χ2v) is 6.04. The molecule has 7 heteroatoms. The van der Waals surface area contributed by atoms with E-state index in [-0.39, 0.29) is 19.1 Å². The van der Waals surface area contributed by atoms with Gasteiger partial charge in [-0.2, -0.15) is 13.2 Å². The van der Waals surface area contributed by atoms with Crippen LogP contribution in [0.25, 0.3) is 0 Å². The summed E-state index contributed by atoms with van der Waals surface area (Å²) in [4.78, 5) is 10.2. The molecule has 0 radical (unpaired) electrons. The monoisotopic (exact) mass is 383 g/mol. The highest BCUT2D eigenvalue weighted by Crippen LogP contribution is 2.29. The van der Waals surface area contributed by atoms with Crippen LogP contribution in [0.2, 0.25) is 0 Å². The Labute approximate surface area is 156 Å². The van der Waals surface area contributed by atoms with Crippen molar-refractivity contribution in [1.82, 2.24) is 5.32 Å². The van der Waals surface area contributed by atoms with E-state index in [0.29, 0.717) is 18.5 Å². The number of rotatable bonds is 7. The molecule has 0 aliphatic rings. The van der Waals surface area contributed by atoms with Crippen molar-refractivity contribution < 1.29 is 28.2 Å². The molecule has 148 valence electrons. The number of aliphatic carboxylic acids is 1. The van der Waals surface area contributed by atoms with Crippen molar-refractivity contribution in [1.29, 1.82) is 0 Å². The summed E-state index contributed by atoms with van der Waals surface area (Å²) < 4.78 is 37.4. The van der Waals surface area contributed by atoms with Crippen molar-refractivity contribution in [3.05, 3.63) is 71.3 Å². The Morgan fingerprint density at radius 1 is 1.07 bits per heavy atom. The Morgan fingerprint density at radius 3 is 2.26 bits per heavy atom. The van der Waals surface area contributed by atoms with Gasteiger partial charge < -0.3 is 15.5 Å². The number of aliphatic hydroxyl groups is 1. The Hall–Kier alpha value is -2.38. The number of halogens is 3. The van der Waals surface area contributed by atoms with Gasteiger partial charge in [0.15, 0.2) is 0 Å². The van der Waals surface area contributed by atoms with Gasteiger partial charge in [-0.15, -0.1) is 0 Å². The molecule has 0 heterocycles. The zero-order chi connectivity index (χ0) is 20.3. The Bertz CT molecular complexity index is 690. The van der Waals surface area contributed by atoms with Gasteiger partial charge in [0.2, 0.25) is 0 Å². The molecule has 0 saturated carbocycles. The van der Waals surface area contributed by atoms with E-state index in [0.717, 1.165) is 17.7 Å². The molecule has 0 spiro atoms. The Balaban J connectivity index is 0.000000309. The average molecular weight is 383 g/mol. The fourth-order valence-electron chi connectivity index (χ4n) is 2.38. The quantitative estimate of drug-likeness (QED) is 0.684. The maximum Gasteiger partial charge on any atom is 0.416 e. The molecule has 27 heavy (non-hydrogen) atoms. The third kappa shape index (κ3) is 9.77. The highest BCUT2D eigenvalue weighted by molar-refractivity contribution is 5.70. The Kier molecular flexibility index (Phi) is 9.53. The minimum absolute atomic E-state index is 0.0208. The maximum absolute atomic E-state index is 12.5. The van der Waals surface area contributed by atoms with Crippen molar-refractivity contribution in [2.75, 3.05) is 13.2 Å². The summed E-state index contributed by atoms with van der Waals surface area (Å²) in [6.07, 6.45) is -3.68. The van der Waals surface area contributed by atoms with Crippen LogP contribution in [0.1, 0.15) is 23.6 Å². The van der Waals surface area contributed by atoms with Gasteiger partial charge in [-0.25, -0.2) is 0 Å². The lowest BCUT2D eigenvalue weighted by molar-refractivity contribution is -0.138. The molecule has 0 bridgehead atoms. The molecule has 0 amide bonds. The van der Waals surface area contributed by atoms with Crippen LogP contribution in [0.5, 0.6) is 0 Å². The molecule has 3 N–H and O–H groups in total. The van der Waals surface area contributed by atoms with Crippen LogP contribution in [0.4, 0.5) is 13.2 Å². The molecule has 2 aromatic carbocycles. The summed E-state index contributed by atoms with van der Waals surface area (Å²) in [5.74, 6) is -0.786. The summed E-state index contributed by atoms with van der Waals surface area (Å²) in [5.41, 5.74) is 0.858. The van der Waals surface area contributed by atoms with Crippen LogP contribution in [0, 0.1) is 0 Å². The van der Waals surface area contributed by atoms with Gasteiger partial charge >= 0.3 is 12.1 Å². The first kappa shape index (κ1) is 22.7. The van der Waals surface area contributed by atoms with Gasteiger partial charge in [-0.05, 0) is 30.5 Å². The van der Waals surface area contributed by atoms with Gasteiger partial charge in [0, 0.05) is 12.6 Å². The number of nitrogens with one attached hydrogen (secondary N) is 1. The number of aliphatic hydroxyl groups excluding tert-OH is 1. The van der Waals surface area contributed by atoms with Crippen LogP contribution in [-0.4, -0.2) is 35.4 Å². The summed E-state index contributed by atoms with van der Waals surface area (Å²) >= 11 is 0. The molecule has 2 rings (SSSR count). The summed E-state index contributed by atoms with van der Waals surface area (Å²) in [6.45, 7) is 2.34. The minimum atomic E-state index is -4.29. The smallest absolute Gasteiger partial charge is 0.416 e. The SMILES string of the molecule is CC(Cc1cccc(C(F)(F)F)c1)NCCO.O=C(O)Cc1ccccc1. The van der Waals surface area contributed by atoms with Crippen LogP contribution < -0.4 is 5.32 Å². The summed E-state index contributed by atoms with van der Waals surface area (Å²) in [6, 6.07) is 14.5. The van der Waals surface area contributed by atoms with Crippen molar-refractivity contribution in [2.45, 2.75) is 32.0 Å². The highest BCUT2D eigenvalue weighted by atomic mass is 19.4. The molecule has 1 atom stereocenters. The molecule has 4 nitrogen and oxygen atoms in total. The van der Waals surface area contributed by atoms with E-state index in [1.54, 1.807) is 18.2 Å². The van der Waals surface area contributed by atoms with Crippen molar-refractivity contribution in [3.8, 4) is 0 Å². The van der Waals surface area contributed by atoms with E-state index in [2.05, 4.69) is 5.32 Å². The largest absolute Gasteiger partial charge is 0.481 e. The van der Waals surface area contributed by atoms with Crippen LogP contribution in [0.15, 0.2) is 54.6 Å². The maximum atomic E-state index is 12.5. The number of hydrogen-bond donors (Lipinski definition) is 3. The number of hydrogen-bond acceptors (Lipinski definition) is 3. The first-order valence-corrected chi connectivity index (χ1v) is 8.48. The highest BCUT2D eigenvalue weighted by Gasteiger charge is 2.30. The van der Waals surface area contributed by atoms with Crippen molar-refractivity contribution in [2.24, 2.45) is 0 Å². The van der Waals surface area contributed by atoms with Gasteiger partial charge in [-0.1, -0.05) is 48.5 Å². The molecular weight excluding hydrogens is 359 g/mol. The topological polar surface area (TPSA) is 69.6 Å². The van der Waals surface area contributed by atoms with Gasteiger partial charge in [0.1, 0.15) is 0 Å². The molecular formula is C20H24F3NO3. The minimum Gasteiger partial charge on any atom is -0.481 e. The second-order valence-electron chi connectivity index (χ2n) is 6.04. The lowest BCUT2D eigenvalue weighted by atomic mass is 10.0. The molecule has 0 saturated heterocycles. The standard InChI is InChI=1S/C12H16F3NO.C8H8O2/c1-9(16-5-6-17)7-10-3-2-4-11(8-10)12(13,14)15;9-8(10)6-7-4-2-1-3-5-7/h2-4,8-9,16-17H,5-7H2,1H3;1-5H,6H2,(H,9,10). The van der Waals surface area contributed by atoms with E-state index in [1.807, 2.05) is 25.1 Å². The van der Waals surface area contributed by atoms with E-state index in [4.69, 9.17) is 10.2 Å². The van der Waals surface area contributed by atoms with Crippen LogP contribution in [0.3, 0.4) is 0 Å². The first-order valence-electron chi connectivity index (χ1n) is 8.48. The van der Waals surface area contributed by atoms with Gasteiger partial charge in [0.05, 0.1) is 18.6 Å². The van der Waals surface area contributed by atoms with E-state index >= 15 is 0 Å². The first-order chi connectivity index (χ1) is 12.7. The second kappa shape index (κ2) is 11.4. The number of carboxylic acids is 1. The molecule has 2 aromatic rings. The lowest BCUT2D eigenvalue weighted by Crippen LogP contribution is -2.30. The molecule has 0 aliphatic heterocycles.